The molecule has 2 N–H and O–H groups in total. The predicted octanol–water partition coefficient (Wildman–Crippen LogP) is 4.69. The summed E-state index contributed by atoms with van der Waals surface area (Å²) in [6.45, 7) is 1.96. The van der Waals surface area contributed by atoms with E-state index in [1.54, 1.807) is 23.5 Å². The van der Waals surface area contributed by atoms with Gasteiger partial charge in [0.1, 0.15) is 6.04 Å². The van der Waals surface area contributed by atoms with E-state index in [9.17, 15) is 9.59 Å². The smallest absolute Gasteiger partial charge is 0.287 e. The van der Waals surface area contributed by atoms with E-state index in [-0.39, 0.29) is 11.7 Å². The van der Waals surface area contributed by atoms with Crippen LogP contribution in [0.25, 0.3) is 11.3 Å². The van der Waals surface area contributed by atoms with Crippen LogP contribution in [0.5, 0.6) is 0 Å². The van der Waals surface area contributed by atoms with Gasteiger partial charge in [-0.15, -0.1) is 11.3 Å². The van der Waals surface area contributed by atoms with Crippen LogP contribution in [0.4, 0.5) is 5.69 Å². The Morgan fingerprint density at radius 2 is 1.81 bits per heavy atom. The van der Waals surface area contributed by atoms with Crippen molar-refractivity contribution in [1.82, 2.24) is 10.3 Å². The number of anilines is 1. The van der Waals surface area contributed by atoms with Gasteiger partial charge in [-0.3, -0.25) is 9.59 Å². The Bertz CT molecular complexity index is 1150. The Labute approximate surface area is 184 Å². The molecule has 6 nitrogen and oxygen atoms in total. The van der Waals surface area contributed by atoms with Crippen LogP contribution in [0.1, 0.15) is 21.1 Å². The predicted molar refractivity (Wildman–Crippen MR) is 121 cm³/mol. The fourth-order valence-corrected chi connectivity index (χ4v) is 3.77. The zero-order chi connectivity index (χ0) is 21.6. The van der Waals surface area contributed by atoms with Crippen molar-refractivity contribution in [3.8, 4) is 11.3 Å². The Kier molecular flexibility index (Phi) is 6.24. The van der Waals surface area contributed by atoms with Crippen molar-refractivity contribution in [2.75, 3.05) is 5.32 Å². The second-order valence-electron chi connectivity index (χ2n) is 7.01. The van der Waals surface area contributed by atoms with Crippen molar-refractivity contribution in [3.63, 3.8) is 0 Å². The number of amides is 2. The topological polar surface area (TPSA) is 84.2 Å². The number of hydrogen-bond acceptors (Lipinski definition) is 5. The number of benzene rings is 2. The summed E-state index contributed by atoms with van der Waals surface area (Å²) < 4.78 is 5.15. The van der Waals surface area contributed by atoms with Gasteiger partial charge in [0.2, 0.25) is 5.91 Å². The van der Waals surface area contributed by atoms with E-state index in [1.807, 2.05) is 66.9 Å². The molecule has 4 aromatic rings. The van der Waals surface area contributed by atoms with Crippen molar-refractivity contribution < 1.29 is 14.0 Å². The van der Waals surface area contributed by atoms with Crippen molar-refractivity contribution >= 4 is 28.8 Å². The molecule has 2 amide bonds. The molecular formula is C24H21N3O3S. The molecule has 2 aromatic carbocycles. The van der Waals surface area contributed by atoms with Crippen LogP contribution in [0.15, 0.2) is 82.8 Å². The number of furan rings is 1. The highest BCUT2D eigenvalue weighted by Crippen LogP contribution is 2.23. The van der Waals surface area contributed by atoms with Crippen LogP contribution in [0, 0.1) is 6.92 Å². The van der Waals surface area contributed by atoms with Gasteiger partial charge in [0.15, 0.2) is 5.76 Å². The van der Waals surface area contributed by atoms with Gasteiger partial charge in [0.05, 0.1) is 17.0 Å². The monoisotopic (exact) mass is 431 g/mol. The molecule has 0 radical (unpaired) electrons. The molecule has 7 heteroatoms. The summed E-state index contributed by atoms with van der Waals surface area (Å²) >= 11 is 1.59. The summed E-state index contributed by atoms with van der Waals surface area (Å²) in [6.07, 6.45) is 1.78. The summed E-state index contributed by atoms with van der Waals surface area (Å²) in [7, 11) is 0. The molecule has 0 bridgehead atoms. The average Bonchev–Trinajstić information content (AvgIpc) is 3.47. The van der Waals surface area contributed by atoms with Crippen LogP contribution in [-0.2, 0) is 11.2 Å². The van der Waals surface area contributed by atoms with E-state index >= 15 is 0 Å². The first-order valence-corrected chi connectivity index (χ1v) is 10.7. The lowest BCUT2D eigenvalue weighted by Crippen LogP contribution is -2.45. The number of aryl methyl sites for hydroxylation is 1. The first kappa shape index (κ1) is 20.6. The van der Waals surface area contributed by atoms with Gasteiger partial charge in [0, 0.05) is 23.1 Å². The van der Waals surface area contributed by atoms with Crippen LogP contribution in [0.2, 0.25) is 0 Å². The number of nitrogens with one attached hydrogen (secondary N) is 2. The molecule has 0 fully saturated rings. The van der Waals surface area contributed by atoms with Crippen LogP contribution >= 0.6 is 11.3 Å². The third kappa shape index (κ3) is 5.26. The number of rotatable bonds is 7. The summed E-state index contributed by atoms with van der Waals surface area (Å²) in [5.74, 6) is -0.579. The summed E-state index contributed by atoms with van der Waals surface area (Å²) in [6, 6.07) is 19.5. The lowest BCUT2D eigenvalue weighted by atomic mass is 10.0. The first-order valence-electron chi connectivity index (χ1n) is 9.80. The molecule has 0 unspecified atom stereocenters. The highest BCUT2D eigenvalue weighted by atomic mass is 32.1. The zero-order valence-corrected chi connectivity index (χ0v) is 17.7. The molecule has 31 heavy (non-hydrogen) atoms. The van der Waals surface area contributed by atoms with E-state index in [0.717, 1.165) is 21.8 Å². The lowest BCUT2D eigenvalue weighted by Gasteiger charge is -2.18. The molecule has 0 aliphatic heterocycles. The third-order valence-corrected chi connectivity index (χ3v) is 5.49. The number of thiazole rings is 1. The third-order valence-electron chi connectivity index (χ3n) is 4.72. The van der Waals surface area contributed by atoms with Gasteiger partial charge < -0.3 is 15.1 Å². The maximum Gasteiger partial charge on any atom is 0.287 e. The Morgan fingerprint density at radius 1 is 1.03 bits per heavy atom. The van der Waals surface area contributed by atoms with Gasteiger partial charge in [-0.25, -0.2) is 4.98 Å². The number of hydrogen-bond donors (Lipinski definition) is 2. The van der Waals surface area contributed by atoms with Crippen molar-refractivity contribution in [2.45, 2.75) is 19.4 Å². The standard InChI is InChI=1S/C24H21N3O3S/c1-16-25-21(15-31-16)18-9-11-19(12-10-18)26-23(28)20(14-17-6-3-2-4-7-17)27-24(29)22-8-5-13-30-22/h2-13,15,20H,14H2,1H3,(H,26,28)(H,27,29)/t20-/m1/s1. The summed E-state index contributed by atoms with van der Waals surface area (Å²) in [4.78, 5) is 30.0. The average molecular weight is 432 g/mol. The quantitative estimate of drug-likeness (QED) is 0.445. The second-order valence-corrected chi connectivity index (χ2v) is 8.07. The normalized spacial score (nSPS) is 11.6. The molecular weight excluding hydrogens is 410 g/mol. The van der Waals surface area contributed by atoms with Crippen LogP contribution in [-0.4, -0.2) is 22.8 Å². The van der Waals surface area contributed by atoms with Gasteiger partial charge in [-0.1, -0.05) is 42.5 Å². The van der Waals surface area contributed by atoms with Gasteiger partial charge >= 0.3 is 0 Å². The van der Waals surface area contributed by atoms with E-state index < -0.39 is 11.9 Å². The highest BCUT2D eigenvalue weighted by molar-refractivity contribution is 7.09. The van der Waals surface area contributed by atoms with Crippen molar-refractivity contribution in [2.24, 2.45) is 0 Å². The van der Waals surface area contributed by atoms with Crippen molar-refractivity contribution in [1.29, 1.82) is 0 Å². The van der Waals surface area contributed by atoms with E-state index in [0.29, 0.717) is 12.1 Å². The number of nitrogens with zero attached hydrogens (tertiary/aromatic N) is 1. The van der Waals surface area contributed by atoms with Gasteiger partial charge in [0.25, 0.3) is 5.91 Å². The first-order chi connectivity index (χ1) is 15.1. The van der Waals surface area contributed by atoms with Gasteiger partial charge in [-0.2, -0.15) is 0 Å². The fourth-order valence-electron chi connectivity index (χ4n) is 3.15. The molecule has 0 spiro atoms. The lowest BCUT2D eigenvalue weighted by molar-refractivity contribution is -0.118. The number of aromatic nitrogens is 1. The highest BCUT2D eigenvalue weighted by Gasteiger charge is 2.23. The molecule has 4 rings (SSSR count). The molecule has 2 heterocycles. The summed E-state index contributed by atoms with van der Waals surface area (Å²) in [5, 5.41) is 8.68. The Hall–Kier alpha value is -3.71. The maximum atomic E-state index is 13.0. The van der Waals surface area contributed by atoms with Gasteiger partial charge in [-0.05, 0) is 36.8 Å². The maximum absolute atomic E-state index is 13.0. The number of carbonyl (C=O) groups is 2. The molecule has 156 valence electrons. The molecule has 0 aliphatic rings. The molecule has 0 saturated heterocycles. The molecule has 0 saturated carbocycles. The molecule has 1 atom stereocenters. The largest absolute Gasteiger partial charge is 0.459 e. The molecule has 2 aromatic heterocycles. The minimum atomic E-state index is -0.763. The minimum Gasteiger partial charge on any atom is -0.459 e. The second kappa shape index (κ2) is 9.40. The number of carbonyl (C=O) groups excluding carboxylic acids is 2. The Balaban J connectivity index is 1.48. The zero-order valence-electron chi connectivity index (χ0n) is 16.9. The van der Waals surface area contributed by atoms with Crippen LogP contribution in [0.3, 0.4) is 0 Å². The van der Waals surface area contributed by atoms with E-state index in [4.69, 9.17) is 4.42 Å². The SMILES string of the molecule is Cc1nc(-c2ccc(NC(=O)[C@@H](Cc3ccccc3)NC(=O)c3ccco3)cc2)cs1. The minimum absolute atomic E-state index is 0.161. The van der Waals surface area contributed by atoms with E-state index in [2.05, 4.69) is 15.6 Å². The van der Waals surface area contributed by atoms with E-state index in [1.165, 1.54) is 6.26 Å². The summed E-state index contributed by atoms with van der Waals surface area (Å²) in [5.41, 5.74) is 3.48. The Morgan fingerprint density at radius 3 is 2.45 bits per heavy atom. The van der Waals surface area contributed by atoms with Crippen LogP contribution < -0.4 is 10.6 Å². The molecule has 0 aliphatic carbocycles. The van der Waals surface area contributed by atoms with Crippen molar-refractivity contribution in [3.05, 3.63) is 94.7 Å². The fraction of sp³-hybridized carbons (Fsp3) is 0.125.